The number of nitrogens with zero attached hydrogens (tertiary/aromatic N) is 2. The van der Waals surface area contributed by atoms with E-state index in [1.807, 2.05) is 37.3 Å². The van der Waals surface area contributed by atoms with Crippen LogP contribution in [-0.2, 0) is 20.8 Å². The Kier molecular flexibility index (Phi) is 26.4. The molecular weight excluding hydrogens is 596 g/mol. The molecule has 0 heterocycles. The van der Waals surface area contributed by atoms with Crippen LogP contribution >= 0.6 is 0 Å². The van der Waals surface area contributed by atoms with Gasteiger partial charge in [-0.25, -0.2) is 0 Å². The van der Waals surface area contributed by atoms with Gasteiger partial charge in [0.05, 0.1) is 11.8 Å². The summed E-state index contributed by atoms with van der Waals surface area (Å²) < 4.78 is 0. The Morgan fingerprint density at radius 1 is 1.02 bits per heavy atom. The Morgan fingerprint density at radius 2 is 1.67 bits per heavy atom. The van der Waals surface area contributed by atoms with Gasteiger partial charge in [-0.15, -0.1) is 18.8 Å². The Labute approximate surface area is 293 Å². The summed E-state index contributed by atoms with van der Waals surface area (Å²) in [5.74, 6) is 5.47. The van der Waals surface area contributed by atoms with Crippen LogP contribution in [0.4, 0.5) is 0 Å². The Balaban J connectivity index is 0.000000779. The van der Waals surface area contributed by atoms with Crippen LogP contribution in [0.5, 0.6) is 0 Å². The molecule has 1 aromatic carbocycles. The smallest absolute Gasteiger partial charge is 0.226 e. The maximum absolute atomic E-state index is 12.3. The van der Waals surface area contributed by atoms with Crippen LogP contribution < -0.4 is 11.1 Å². The van der Waals surface area contributed by atoms with E-state index in [4.69, 9.17) is 18.6 Å². The number of carbonyl (C=O) groups excluding carboxylic acids is 3. The van der Waals surface area contributed by atoms with Gasteiger partial charge in [-0.1, -0.05) is 115 Å². The van der Waals surface area contributed by atoms with E-state index in [2.05, 4.69) is 49.8 Å². The number of amides is 3. The van der Waals surface area contributed by atoms with Crippen molar-refractivity contribution in [1.82, 2.24) is 15.1 Å². The van der Waals surface area contributed by atoms with Crippen molar-refractivity contribution in [2.24, 2.45) is 29.4 Å². The molecule has 268 valence electrons. The summed E-state index contributed by atoms with van der Waals surface area (Å²) in [6.45, 7) is 14.7. The fraction of sp³-hybridized carbons (Fsp3) is 0.634. The molecule has 0 saturated heterocycles. The third-order valence-corrected chi connectivity index (χ3v) is 8.97. The molecule has 0 radical (unpaired) electrons. The van der Waals surface area contributed by atoms with Crippen LogP contribution in [0.25, 0.3) is 0 Å². The summed E-state index contributed by atoms with van der Waals surface area (Å²) in [7, 11) is 1.78. The number of benzene rings is 1. The van der Waals surface area contributed by atoms with Gasteiger partial charge in [-0.2, -0.15) is 0 Å². The fourth-order valence-corrected chi connectivity index (χ4v) is 5.54. The third-order valence-electron chi connectivity index (χ3n) is 8.97. The Bertz CT molecular complexity index is 1110. The van der Waals surface area contributed by atoms with E-state index in [-0.39, 0.29) is 24.2 Å². The van der Waals surface area contributed by atoms with Crippen molar-refractivity contribution in [1.29, 1.82) is 0 Å². The van der Waals surface area contributed by atoms with Gasteiger partial charge in [0.15, 0.2) is 0 Å². The van der Waals surface area contributed by atoms with E-state index in [9.17, 15) is 14.4 Å². The van der Waals surface area contributed by atoms with Crippen molar-refractivity contribution in [2.45, 2.75) is 105 Å². The number of carbonyl (C=O) groups is 3. The van der Waals surface area contributed by atoms with Crippen LogP contribution in [0.3, 0.4) is 0 Å². The molecule has 0 aromatic heterocycles. The highest BCUT2D eigenvalue weighted by Crippen LogP contribution is 2.22. The monoisotopic (exact) mass is 663 g/mol. The number of nitrogens with two attached hydrogens (primary N) is 1. The minimum atomic E-state index is -0.458. The zero-order chi connectivity index (χ0) is 36.2. The van der Waals surface area contributed by atoms with Crippen LogP contribution in [0, 0.1) is 48.4 Å². The molecule has 1 fully saturated rings. The highest BCUT2D eigenvalue weighted by molar-refractivity contribution is 5.85. The SMILES string of the molecule is C#CC=CC(C)C(=O)NCC(CCC)CCC#C.CC1CCCCC1.CCN(CC)CCN(C)C(=O)C[C@@H](Cc1ccccc1)C(N)=O. The van der Waals surface area contributed by atoms with Gasteiger partial charge in [0.25, 0.3) is 0 Å². The van der Waals surface area contributed by atoms with Crippen LogP contribution in [-0.4, -0.2) is 67.3 Å². The molecule has 1 aliphatic rings. The average Bonchev–Trinajstić information content (AvgIpc) is 3.09. The topological polar surface area (TPSA) is 95.7 Å². The van der Waals surface area contributed by atoms with Crippen molar-refractivity contribution in [3.05, 3.63) is 48.0 Å². The van der Waals surface area contributed by atoms with Crippen LogP contribution in [0.1, 0.15) is 104 Å². The first-order chi connectivity index (χ1) is 23.0. The average molecular weight is 663 g/mol. The molecule has 1 aromatic rings. The van der Waals surface area contributed by atoms with E-state index in [0.29, 0.717) is 25.4 Å². The van der Waals surface area contributed by atoms with Gasteiger partial charge in [0.2, 0.25) is 17.7 Å². The summed E-state index contributed by atoms with van der Waals surface area (Å²) in [5, 5.41) is 2.96. The van der Waals surface area contributed by atoms with E-state index in [1.54, 1.807) is 24.1 Å². The van der Waals surface area contributed by atoms with Gasteiger partial charge >= 0.3 is 0 Å². The second kappa shape index (κ2) is 28.5. The molecule has 0 aliphatic heterocycles. The molecule has 1 saturated carbocycles. The lowest BCUT2D eigenvalue weighted by atomic mass is 9.91. The van der Waals surface area contributed by atoms with Gasteiger partial charge in [0.1, 0.15) is 0 Å². The standard InChI is InChI=1S/C18H29N3O2.C16H23NO.C7H14/c1-4-21(5-2)12-11-20(3)17(22)14-16(18(19)23)13-15-9-7-6-8-10-15;1-5-8-11-14(4)16(18)17-13-15(10-7-3)12-9-6-2;1-7-5-3-2-4-6-7/h6-10,16H,4-5,11-14H2,1-3H3,(H2,19,23);1-2,8,11,14-15H,7,9-10,12-13H2,3-4H3,(H,17,18);7H,2-6H2,1H3/t16-;;/m1../s1. The number of rotatable bonds is 18. The molecule has 7 heteroatoms. The van der Waals surface area contributed by atoms with Crippen molar-refractivity contribution < 1.29 is 14.4 Å². The highest BCUT2D eigenvalue weighted by atomic mass is 16.2. The second-order valence-electron chi connectivity index (χ2n) is 13.0. The first-order valence-corrected chi connectivity index (χ1v) is 18.2. The van der Waals surface area contributed by atoms with Crippen LogP contribution in [0.2, 0.25) is 0 Å². The molecule has 3 N–H and O–H groups in total. The molecule has 3 amide bonds. The minimum Gasteiger partial charge on any atom is -0.369 e. The third kappa shape index (κ3) is 22.1. The normalized spacial score (nSPS) is 14.6. The summed E-state index contributed by atoms with van der Waals surface area (Å²) in [6.07, 6.45) is 25.7. The van der Waals surface area contributed by atoms with Crippen LogP contribution in [0.15, 0.2) is 42.5 Å². The first-order valence-electron chi connectivity index (χ1n) is 18.2. The fourth-order valence-electron chi connectivity index (χ4n) is 5.54. The Hall–Kier alpha value is -3.55. The maximum Gasteiger partial charge on any atom is 0.226 e. The summed E-state index contributed by atoms with van der Waals surface area (Å²) in [6, 6.07) is 9.67. The molecule has 2 rings (SSSR count). The molecule has 1 aliphatic carbocycles. The van der Waals surface area contributed by atoms with Gasteiger partial charge in [-0.05, 0) is 55.8 Å². The van der Waals surface area contributed by atoms with Crippen molar-refractivity contribution in [2.75, 3.05) is 39.8 Å². The minimum absolute atomic E-state index is 0.0170. The lowest BCUT2D eigenvalue weighted by Crippen LogP contribution is -2.38. The second-order valence-corrected chi connectivity index (χ2v) is 13.0. The van der Waals surface area contributed by atoms with E-state index in [0.717, 1.165) is 56.8 Å². The number of primary amides is 1. The summed E-state index contributed by atoms with van der Waals surface area (Å²) >= 11 is 0. The number of nitrogens with one attached hydrogen (secondary N) is 1. The quantitative estimate of drug-likeness (QED) is 0.168. The largest absolute Gasteiger partial charge is 0.369 e. The molecule has 48 heavy (non-hydrogen) atoms. The zero-order valence-corrected chi connectivity index (χ0v) is 31.0. The number of hydrogen-bond donors (Lipinski definition) is 2. The number of allylic oxidation sites excluding steroid dienone is 1. The van der Waals surface area contributed by atoms with Gasteiger partial charge in [-0.3, -0.25) is 14.4 Å². The van der Waals surface area contributed by atoms with Crippen molar-refractivity contribution >= 4 is 17.7 Å². The highest BCUT2D eigenvalue weighted by Gasteiger charge is 2.22. The summed E-state index contributed by atoms with van der Waals surface area (Å²) in [5.41, 5.74) is 6.50. The lowest BCUT2D eigenvalue weighted by molar-refractivity contribution is -0.134. The van der Waals surface area contributed by atoms with E-state index in [1.165, 1.54) is 32.1 Å². The maximum atomic E-state index is 12.3. The first kappa shape index (κ1) is 44.5. The molecule has 3 atom stereocenters. The van der Waals surface area contributed by atoms with Crippen molar-refractivity contribution in [3.8, 4) is 24.7 Å². The van der Waals surface area contributed by atoms with E-state index < -0.39 is 11.8 Å². The number of likely N-dealkylation sites (N-methyl/N-ethyl adjacent to an activating group) is 2. The lowest BCUT2D eigenvalue weighted by Gasteiger charge is -2.24. The predicted molar refractivity (Wildman–Crippen MR) is 202 cm³/mol. The Morgan fingerprint density at radius 3 is 2.17 bits per heavy atom. The number of terminal acetylenes is 2. The molecule has 7 nitrogen and oxygen atoms in total. The van der Waals surface area contributed by atoms with Gasteiger partial charge in [0, 0.05) is 39.5 Å². The zero-order valence-electron chi connectivity index (χ0n) is 31.0. The summed E-state index contributed by atoms with van der Waals surface area (Å²) in [4.78, 5) is 39.7. The van der Waals surface area contributed by atoms with Crippen molar-refractivity contribution in [3.63, 3.8) is 0 Å². The van der Waals surface area contributed by atoms with Gasteiger partial charge < -0.3 is 20.9 Å². The predicted octanol–water partition coefficient (Wildman–Crippen LogP) is 6.87. The molecular formula is C41H66N4O3. The molecule has 0 spiro atoms. The number of hydrogen-bond acceptors (Lipinski definition) is 4. The molecule has 2 unspecified atom stereocenters. The molecule has 0 bridgehead atoms. The van der Waals surface area contributed by atoms with E-state index >= 15 is 0 Å².